The number of carbonyl (C=O) groups excluding carboxylic acids is 2. The third-order valence-corrected chi connectivity index (χ3v) is 9.68. The third kappa shape index (κ3) is 4.73. The van der Waals surface area contributed by atoms with Crippen LogP contribution in [0.3, 0.4) is 0 Å². The fraction of sp³-hybridized carbons (Fsp3) is 0.250. The van der Waals surface area contributed by atoms with Crippen molar-refractivity contribution in [3.63, 3.8) is 0 Å². The fourth-order valence-electron chi connectivity index (χ4n) is 4.84. The van der Waals surface area contributed by atoms with E-state index in [2.05, 4.69) is 4.99 Å². The summed E-state index contributed by atoms with van der Waals surface area (Å²) < 4.78 is 46.9. The van der Waals surface area contributed by atoms with Gasteiger partial charge in [0.1, 0.15) is 19.8 Å². The quantitative estimate of drug-likeness (QED) is 0.332. The van der Waals surface area contributed by atoms with Crippen molar-refractivity contribution < 1.29 is 32.2 Å². The Morgan fingerprint density at radius 2 is 1.75 bits per heavy atom. The molecule has 3 aromatic carbocycles. The first-order valence-corrected chi connectivity index (χ1v) is 14.9. The van der Waals surface area contributed by atoms with Crippen molar-refractivity contribution in [1.82, 2.24) is 4.57 Å². The van der Waals surface area contributed by atoms with Crippen molar-refractivity contribution in [3.05, 3.63) is 76.6 Å². The zero-order valence-corrected chi connectivity index (χ0v) is 23.2. The molecule has 0 aliphatic carbocycles. The minimum absolute atomic E-state index is 0.0916. The van der Waals surface area contributed by atoms with E-state index < -0.39 is 21.9 Å². The van der Waals surface area contributed by atoms with Gasteiger partial charge in [0.05, 0.1) is 27.9 Å². The topological polar surface area (TPSA) is 117 Å². The van der Waals surface area contributed by atoms with Gasteiger partial charge in [-0.1, -0.05) is 29.5 Å². The first-order valence-electron chi connectivity index (χ1n) is 12.6. The highest BCUT2D eigenvalue weighted by molar-refractivity contribution is 7.92. The van der Waals surface area contributed by atoms with Crippen molar-refractivity contribution >= 4 is 49.1 Å². The molecule has 6 rings (SSSR count). The molecule has 0 bridgehead atoms. The van der Waals surface area contributed by atoms with Gasteiger partial charge in [0.25, 0.3) is 15.9 Å². The summed E-state index contributed by atoms with van der Waals surface area (Å²) in [6.45, 7) is 1.07. The van der Waals surface area contributed by atoms with Crippen LogP contribution in [-0.4, -0.2) is 51.7 Å². The molecule has 1 amide bonds. The molecule has 0 spiro atoms. The average Bonchev–Trinajstić information content (AvgIpc) is 3.30. The Morgan fingerprint density at radius 1 is 1.02 bits per heavy atom. The number of hydrogen-bond donors (Lipinski definition) is 0. The van der Waals surface area contributed by atoms with E-state index in [4.69, 9.17) is 14.2 Å². The largest absolute Gasteiger partial charge is 0.486 e. The van der Waals surface area contributed by atoms with Crippen LogP contribution in [0.2, 0.25) is 0 Å². The standard InChI is InChI=1S/C28H25N3O7S2/c1-36-26(32)17-30-22-15-23-24(38-14-13-37-23)16-25(22)39-28(30)29-27(33)19-8-10-20(11-9-19)40(34,35)31-12-4-6-18-5-2-3-7-21(18)31/h2-3,5,7-11,15-16H,4,6,12-14,17H2,1H3. The average molecular weight is 580 g/mol. The lowest BCUT2D eigenvalue weighted by molar-refractivity contribution is -0.141. The number of carbonyl (C=O) groups is 2. The molecule has 0 N–H and O–H groups in total. The Morgan fingerprint density at radius 3 is 2.50 bits per heavy atom. The molecule has 0 atom stereocenters. The maximum atomic E-state index is 13.5. The third-order valence-electron chi connectivity index (χ3n) is 6.82. The number of sulfonamides is 1. The molecule has 1 aromatic heterocycles. The number of fused-ring (bicyclic) bond motifs is 3. The molecule has 0 radical (unpaired) electrons. The summed E-state index contributed by atoms with van der Waals surface area (Å²) in [5.74, 6) is 0.0458. The van der Waals surface area contributed by atoms with Crippen molar-refractivity contribution in [2.45, 2.75) is 24.3 Å². The molecule has 2 aliphatic heterocycles. The number of thiazole rings is 1. The van der Waals surface area contributed by atoms with Gasteiger partial charge in [-0.3, -0.25) is 13.9 Å². The van der Waals surface area contributed by atoms with Gasteiger partial charge in [0, 0.05) is 24.2 Å². The SMILES string of the molecule is COC(=O)Cn1c(=NC(=O)c2ccc(S(=O)(=O)N3CCCc4ccccc43)cc2)sc2cc3c(cc21)OCCO3. The molecule has 12 heteroatoms. The van der Waals surface area contributed by atoms with Crippen LogP contribution < -0.4 is 18.6 Å². The maximum Gasteiger partial charge on any atom is 0.325 e. The van der Waals surface area contributed by atoms with Crippen LogP contribution in [-0.2, 0) is 32.5 Å². The summed E-state index contributed by atoms with van der Waals surface area (Å²) in [7, 11) is -2.52. The van der Waals surface area contributed by atoms with Crippen LogP contribution in [0.1, 0.15) is 22.3 Å². The number of nitrogens with zero attached hydrogens (tertiary/aromatic N) is 3. The number of anilines is 1. The molecular formula is C28H25N3O7S2. The van der Waals surface area contributed by atoms with Crippen LogP contribution in [0.5, 0.6) is 11.5 Å². The molecule has 0 unspecified atom stereocenters. The molecule has 10 nitrogen and oxygen atoms in total. The minimum atomic E-state index is -3.81. The van der Waals surface area contributed by atoms with Crippen LogP contribution in [0.15, 0.2) is 70.6 Å². The molecule has 0 saturated carbocycles. The molecule has 2 aliphatic rings. The van der Waals surface area contributed by atoms with Gasteiger partial charge < -0.3 is 18.8 Å². The van der Waals surface area contributed by atoms with Gasteiger partial charge in [0.2, 0.25) is 0 Å². The monoisotopic (exact) mass is 579 g/mol. The zero-order valence-electron chi connectivity index (χ0n) is 21.5. The number of aryl methyl sites for hydroxylation is 1. The van der Waals surface area contributed by atoms with Gasteiger partial charge in [-0.25, -0.2) is 8.42 Å². The Balaban J connectivity index is 1.34. The summed E-state index contributed by atoms with van der Waals surface area (Å²) in [6, 6.07) is 16.8. The number of ether oxygens (including phenoxy) is 3. The highest BCUT2D eigenvalue weighted by atomic mass is 32.2. The van der Waals surface area contributed by atoms with Crippen LogP contribution in [0.25, 0.3) is 10.2 Å². The molecule has 4 aromatic rings. The predicted octanol–water partition coefficient (Wildman–Crippen LogP) is 3.53. The molecule has 0 fully saturated rings. The second kappa shape index (κ2) is 10.4. The van der Waals surface area contributed by atoms with Gasteiger partial charge in [-0.05, 0) is 48.7 Å². The molecule has 40 heavy (non-hydrogen) atoms. The van der Waals surface area contributed by atoms with E-state index in [-0.39, 0.29) is 21.8 Å². The van der Waals surface area contributed by atoms with Crippen molar-refractivity contribution in [1.29, 1.82) is 0 Å². The highest BCUT2D eigenvalue weighted by Crippen LogP contribution is 2.36. The summed E-state index contributed by atoms with van der Waals surface area (Å²) in [5.41, 5.74) is 2.53. The normalized spacial score (nSPS) is 15.1. The maximum absolute atomic E-state index is 13.5. The highest BCUT2D eigenvalue weighted by Gasteiger charge is 2.29. The number of esters is 1. The Labute approximate surface area is 234 Å². The number of rotatable bonds is 5. The number of methoxy groups -OCH3 is 1. The van der Waals surface area contributed by atoms with Crippen LogP contribution >= 0.6 is 11.3 Å². The van der Waals surface area contributed by atoms with E-state index in [0.29, 0.717) is 42.5 Å². The molecule has 0 saturated heterocycles. The van der Waals surface area contributed by atoms with Gasteiger partial charge in [0.15, 0.2) is 16.3 Å². The lowest BCUT2D eigenvalue weighted by Gasteiger charge is -2.30. The molecule has 3 heterocycles. The fourth-order valence-corrected chi connectivity index (χ4v) is 7.41. The van der Waals surface area contributed by atoms with E-state index in [1.807, 2.05) is 24.3 Å². The first-order chi connectivity index (χ1) is 19.3. The number of aromatic nitrogens is 1. The van der Waals surface area contributed by atoms with Gasteiger partial charge in [-0.15, -0.1) is 0 Å². The van der Waals surface area contributed by atoms with Crippen molar-refractivity contribution in [2.75, 3.05) is 31.2 Å². The minimum Gasteiger partial charge on any atom is -0.486 e. The lowest BCUT2D eigenvalue weighted by Crippen LogP contribution is -2.35. The smallest absolute Gasteiger partial charge is 0.325 e. The Kier molecular flexibility index (Phi) is 6.80. The molecular weight excluding hydrogens is 554 g/mol. The Bertz CT molecular complexity index is 1810. The summed E-state index contributed by atoms with van der Waals surface area (Å²) in [5, 5.41) is 0. The Hall–Kier alpha value is -4.16. The van der Waals surface area contributed by atoms with E-state index in [0.717, 1.165) is 23.1 Å². The van der Waals surface area contributed by atoms with Crippen molar-refractivity contribution in [2.24, 2.45) is 4.99 Å². The zero-order chi connectivity index (χ0) is 27.9. The summed E-state index contributed by atoms with van der Waals surface area (Å²) in [6.07, 6.45) is 1.56. The molecule has 206 valence electrons. The number of amides is 1. The first kappa shape index (κ1) is 26.1. The number of benzene rings is 3. The van der Waals surface area contributed by atoms with E-state index in [1.165, 1.54) is 47.0 Å². The van der Waals surface area contributed by atoms with Crippen molar-refractivity contribution in [3.8, 4) is 11.5 Å². The summed E-state index contributed by atoms with van der Waals surface area (Å²) >= 11 is 1.22. The lowest BCUT2D eigenvalue weighted by atomic mass is 10.0. The second-order valence-electron chi connectivity index (χ2n) is 9.26. The van der Waals surface area contributed by atoms with E-state index in [9.17, 15) is 18.0 Å². The second-order valence-corrected chi connectivity index (χ2v) is 12.1. The van der Waals surface area contributed by atoms with Gasteiger partial charge in [-0.2, -0.15) is 4.99 Å². The van der Waals surface area contributed by atoms with E-state index >= 15 is 0 Å². The number of hydrogen-bond acceptors (Lipinski definition) is 8. The summed E-state index contributed by atoms with van der Waals surface area (Å²) in [4.78, 5) is 30.0. The predicted molar refractivity (Wildman–Crippen MR) is 148 cm³/mol. The van der Waals surface area contributed by atoms with Crippen LogP contribution in [0, 0.1) is 0 Å². The van der Waals surface area contributed by atoms with Crippen LogP contribution in [0.4, 0.5) is 5.69 Å². The van der Waals surface area contributed by atoms with E-state index in [1.54, 1.807) is 16.7 Å². The number of para-hydroxylation sites is 1. The van der Waals surface area contributed by atoms with Gasteiger partial charge >= 0.3 is 5.97 Å².